The van der Waals surface area contributed by atoms with E-state index >= 15 is 0 Å². The molecule has 4 heteroatoms. The number of Topliss-reactive ketones (excluding diaryl/α,β-unsaturated/α-hetero) is 1. The minimum Gasteiger partial charge on any atom is -0.334 e. The summed E-state index contributed by atoms with van der Waals surface area (Å²) in [6.07, 6.45) is 0. The number of carbonyl (C=O) groups is 1. The van der Waals surface area contributed by atoms with Crippen LogP contribution in [0.1, 0.15) is 23.1 Å². The Kier molecular flexibility index (Phi) is 2.33. The van der Waals surface area contributed by atoms with E-state index < -0.39 is 0 Å². The van der Waals surface area contributed by atoms with Crippen molar-refractivity contribution < 1.29 is 9.32 Å². The van der Waals surface area contributed by atoms with E-state index in [0.717, 1.165) is 0 Å². The van der Waals surface area contributed by atoms with E-state index in [9.17, 15) is 4.79 Å². The van der Waals surface area contributed by atoms with Crippen molar-refractivity contribution >= 4 is 5.78 Å². The molecule has 1 heterocycles. The second-order valence-electron chi connectivity index (χ2n) is 3.25. The lowest BCUT2D eigenvalue weighted by Gasteiger charge is -2.00. The van der Waals surface area contributed by atoms with Crippen LogP contribution >= 0.6 is 0 Å². The van der Waals surface area contributed by atoms with Crippen LogP contribution in [0.25, 0.3) is 11.5 Å². The van der Waals surface area contributed by atoms with E-state index in [1.54, 1.807) is 19.1 Å². The zero-order valence-corrected chi connectivity index (χ0v) is 8.52. The molecule has 0 spiro atoms. The van der Waals surface area contributed by atoms with E-state index in [1.165, 1.54) is 6.92 Å². The number of rotatable bonds is 2. The first-order chi connectivity index (χ1) is 7.18. The van der Waals surface area contributed by atoms with Gasteiger partial charge in [0.15, 0.2) is 11.6 Å². The number of hydrogen-bond acceptors (Lipinski definition) is 4. The summed E-state index contributed by atoms with van der Waals surface area (Å²) in [7, 11) is 0. The number of aromatic nitrogens is 2. The summed E-state index contributed by atoms with van der Waals surface area (Å²) in [6.45, 7) is 3.26. The summed E-state index contributed by atoms with van der Waals surface area (Å²) >= 11 is 0. The second kappa shape index (κ2) is 3.65. The molecule has 76 valence electrons. The van der Waals surface area contributed by atoms with E-state index in [4.69, 9.17) is 4.52 Å². The molecule has 0 aliphatic heterocycles. The van der Waals surface area contributed by atoms with Gasteiger partial charge in [-0.25, -0.2) is 0 Å². The van der Waals surface area contributed by atoms with E-state index in [2.05, 4.69) is 10.1 Å². The fraction of sp³-hybridized carbons (Fsp3) is 0.182. The average molecular weight is 202 g/mol. The molecule has 0 aliphatic carbocycles. The van der Waals surface area contributed by atoms with Crippen molar-refractivity contribution in [1.29, 1.82) is 0 Å². The molecule has 0 amide bonds. The number of hydrogen-bond donors (Lipinski definition) is 0. The lowest BCUT2D eigenvalue weighted by molar-refractivity contribution is 0.101. The molecule has 1 aromatic heterocycles. The lowest BCUT2D eigenvalue weighted by atomic mass is 10.0. The van der Waals surface area contributed by atoms with Gasteiger partial charge in [-0.05, 0) is 19.9 Å². The lowest BCUT2D eigenvalue weighted by Crippen LogP contribution is -1.95. The molecule has 0 fully saturated rings. The first-order valence-electron chi connectivity index (χ1n) is 4.59. The molecule has 0 radical (unpaired) electrons. The quantitative estimate of drug-likeness (QED) is 0.701. The first-order valence-corrected chi connectivity index (χ1v) is 4.59. The highest BCUT2D eigenvalue weighted by Crippen LogP contribution is 2.21. The third-order valence-electron chi connectivity index (χ3n) is 2.06. The Hall–Kier alpha value is -1.97. The van der Waals surface area contributed by atoms with Crippen molar-refractivity contribution in [3.05, 3.63) is 35.7 Å². The normalized spacial score (nSPS) is 10.3. The topological polar surface area (TPSA) is 56.0 Å². The first kappa shape index (κ1) is 9.58. The summed E-state index contributed by atoms with van der Waals surface area (Å²) < 4.78 is 5.03. The highest BCUT2D eigenvalue weighted by atomic mass is 16.5. The number of carbonyl (C=O) groups excluding carboxylic acids is 1. The molecule has 0 bridgehead atoms. The van der Waals surface area contributed by atoms with E-state index in [-0.39, 0.29) is 5.78 Å². The Morgan fingerprint density at radius 3 is 2.67 bits per heavy atom. The van der Waals surface area contributed by atoms with Crippen LogP contribution in [0.5, 0.6) is 0 Å². The molecule has 15 heavy (non-hydrogen) atoms. The molecule has 0 atom stereocenters. The van der Waals surface area contributed by atoms with Crippen molar-refractivity contribution in [2.24, 2.45) is 0 Å². The van der Waals surface area contributed by atoms with Gasteiger partial charge in [0.1, 0.15) is 0 Å². The Morgan fingerprint density at radius 1 is 1.33 bits per heavy atom. The van der Waals surface area contributed by atoms with Crippen LogP contribution in [0, 0.1) is 6.92 Å². The van der Waals surface area contributed by atoms with Crippen LogP contribution in [-0.4, -0.2) is 15.9 Å². The highest BCUT2D eigenvalue weighted by Gasteiger charge is 2.13. The molecule has 2 rings (SSSR count). The fourth-order valence-corrected chi connectivity index (χ4v) is 1.38. The van der Waals surface area contributed by atoms with Crippen LogP contribution in [-0.2, 0) is 0 Å². The van der Waals surface area contributed by atoms with Gasteiger partial charge in [0.05, 0.1) is 5.56 Å². The van der Waals surface area contributed by atoms with Crippen LogP contribution in [0.4, 0.5) is 0 Å². The molecule has 0 aliphatic rings. The molecule has 2 aromatic rings. The molecule has 1 aromatic carbocycles. The Bertz CT molecular complexity index is 503. The predicted molar refractivity (Wildman–Crippen MR) is 54.5 cm³/mol. The van der Waals surface area contributed by atoms with Gasteiger partial charge in [-0.3, -0.25) is 4.79 Å². The fourth-order valence-electron chi connectivity index (χ4n) is 1.38. The van der Waals surface area contributed by atoms with Gasteiger partial charge in [-0.15, -0.1) is 0 Å². The largest absolute Gasteiger partial charge is 0.334 e. The standard InChI is InChI=1S/C11H10N2O2/c1-7(14)9-5-3-4-6-10(9)11-12-8(2)13-15-11/h3-6H,1-2H3. The van der Waals surface area contributed by atoms with Gasteiger partial charge >= 0.3 is 0 Å². The van der Waals surface area contributed by atoms with Crippen molar-refractivity contribution in [3.8, 4) is 11.5 Å². The van der Waals surface area contributed by atoms with Crippen LogP contribution in [0.2, 0.25) is 0 Å². The summed E-state index contributed by atoms with van der Waals surface area (Å²) in [5, 5.41) is 3.70. The van der Waals surface area contributed by atoms with Crippen molar-refractivity contribution in [3.63, 3.8) is 0 Å². The van der Waals surface area contributed by atoms with E-state index in [1.807, 2.05) is 12.1 Å². The van der Waals surface area contributed by atoms with Gasteiger partial charge in [0.25, 0.3) is 5.89 Å². The zero-order valence-electron chi connectivity index (χ0n) is 8.52. The number of ketones is 1. The molecule has 0 saturated heterocycles. The molecular weight excluding hydrogens is 192 g/mol. The highest BCUT2D eigenvalue weighted by molar-refractivity contribution is 5.99. The molecular formula is C11H10N2O2. The van der Waals surface area contributed by atoms with Crippen LogP contribution in [0.15, 0.2) is 28.8 Å². The summed E-state index contributed by atoms with van der Waals surface area (Å²) in [5.41, 5.74) is 1.28. The van der Waals surface area contributed by atoms with Gasteiger partial charge in [-0.1, -0.05) is 23.4 Å². The number of nitrogens with zero attached hydrogens (tertiary/aromatic N) is 2. The van der Waals surface area contributed by atoms with Crippen LogP contribution in [0.3, 0.4) is 0 Å². The molecule has 0 saturated carbocycles. The van der Waals surface area contributed by atoms with Gasteiger partial charge in [-0.2, -0.15) is 4.98 Å². The minimum absolute atomic E-state index is 0.0125. The zero-order chi connectivity index (χ0) is 10.8. The number of benzene rings is 1. The Balaban J connectivity index is 2.57. The maximum absolute atomic E-state index is 11.4. The minimum atomic E-state index is -0.0125. The van der Waals surface area contributed by atoms with Crippen molar-refractivity contribution in [1.82, 2.24) is 10.1 Å². The monoisotopic (exact) mass is 202 g/mol. The molecule has 0 unspecified atom stereocenters. The van der Waals surface area contributed by atoms with Gasteiger partial charge in [0, 0.05) is 5.56 Å². The van der Waals surface area contributed by atoms with Gasteiger partial charge < -0.3 is 4.52 Å². The Labute approximate surface area is 86.9 Å². The number of aryl methyl sites for hydroxylation is 1. The molecule has 4 nitrogen and oxygen atoms in total. The average Bonchev–Trinajstić information content (AvgIpc) is 2.65. The molecule has 0 N–H and O–H groups in total. The van der Waals surface area contributed by atoms with Crippen molar-refractivity contribution in [2.75, 3.05) is 0 Å². The SMILES string of the molecule is CC(=O)c1ccccc1-c1nc(C)no1. The third-order valence-corrected chi connectivity index (χ3v) is 2.06. The van der Waals surface area contributed by atoms with E-state index in [0.29, 0.717) is 22.8 Å². The second-order valence-corrected chi connectivity index (χ2v) is 3.25. The maximum Gasteiger partial charge on any atom is 0.258 e. The summed E-state index contributed by atoms with van der Waals surface area (Å²) in [4.78, 5) is 15.5. The third kappa shape index (κ3) is 1.79. The predicted octanol–water partition coefficient (Wildman–Crippen LogP) is 2.25. The summed E-state index contributed by atoms with van der Waals surface area (Å²) in [6, 6.07) is 7.19. The van der Waals surface area contributed by atoms with Crippen molar-refractivity contribution in [2.45, 2.75) is 13.8 Å². The summed E-state index contributed by atoms with van der Waals surface area (Å²) in [5.74, 6) is 0.933. The van der Waals surface area contributed by atoms with Gasteiger partial charge in [0.2, 0.25) is 0 Å². The smallest absolute Gasteiger partial charge is 0.258 e. The Morgan fingerprint density at radius 2 is 2.07 bits per heavy atom. The van der Waals surface area contributed by atoms with Crippen LogP contribution < -0.4 is 0 Å². The maximum atomic E-state index is 11.4.